The molecule has 0 N–H and O–H groups in total. The van der Waals surface area contributed by atoms with Crippen LogP contribution in [0, 0.1) is 0 Å². The summed E-state index contributed by atoms with van der Waals surface area (Å²) in [5, 5.41) is 0. The van der Waals surface area contributed by atoms with E-state index in [1.54, 1.807) is 18.2 Å². The number of amides is 1. The zero-order chi connectivity index (χ0) is 17.2. The first-order valence-electron chi connectivity index (χ1n) is 7.65. The summed E-state index contributed by atoms with van der Waals surface area (Å²) in [4.78, 5) is 20.6. The number of hydrogen-bond acceptors (Lipinski definition) is 5. The van der Waals surface area contributed by atoms with E-state index in [-0.39, 0.29) is 12.1 Å². The topological polar surface area (TPSA) is 54.9 Å². The Morgan fingerprint density at radius 1 is 1.39 bits per heavy atom. The summed E-state index contributed by atoms with van der Waals surface area (Å²) in [6, 6.07) is 2.05. The van der Waals surface area contributed by atoms with Crippen LogP contribution in [-0.4, -0.2) is 54.4 Å². The molecule has 1 aliphatic rings. The van der Waals surface area contributed by atoms with Crippen molar-refractivity contribution in [2.45, 2.75) is 39.3 Å². The smallest absolute Gasteiger partial charge is 0.410 e. The van der Waals surface area contributed by atoms with Crippen LogP contribution in [0.1, 0.15) is 27.7 Å². The molecule has 2 rings (SSSR count). The minimum absolute atomic E-state index is 0.148. The first-order valence-corrected chi connectivity index (χ1v) is 8.44. The van der Waals surface area contributed by atoms with Gasteiger partial charge >= 0.3 is 6.09 Å². The molecule has 1 unspecified atom stereocenters. The van der Waals surface area contributed by atoms with E-state index in [1.807, 2.05) is 26.8 Å². The van der Waals surface area contributed by atoms with Crippen molar-refractivity contribution in [1.29, 1.82) is 0 Å². The van der Waals surface area contributed by atoms with Gasteiger partial charge in [-0.3, -0.25) is 0 Å². The number of methoxy groups -OCH3 is 1. The second-order valence-electron chi connectivity index (χ2n) is 6.65. The van der Waals surface area contributed by atoms with Gasteiger partial charge in [-0.15, -0.1) is 0 Å². The molecule has 1 aromatic rings. The monoisotopic (exact) mass is 385 g/mol. The van der Waals surface area contributed by atoms with Gasteiger partial charge in [0.1, 0.15) is 17.2 Å². The molecule has 1 fully saturated rings. The van der Waals surface area contributed by atoms with Gasteiger partial charge in [0.2, 0.25) is 0 Å². The molecule has 23 heavy (non-hydrogen) atoms. The van der Waals surface area contributed by atoms with Gasteiger partial charge in [0.15, 0.2) is 0 Å². The zero-order valence-corrected chi connectivity index (χ0v) is 15.9. The van der Waals surface area contributed by atoms with Crippen molar-refractivity contribution in [2.24, 2.45) is 0 Å². The third kappa shape index (κ3) is 4.50. The van der Waals surface area contributed by atoms with Crippen molar-refractivity contribution < 1.29 is 14.3 Å². The van der Waals surface area contributed by atoms with Crippen molar-refractivity contribution in [2.75, 3.05) is 31.6 Å². The number of carbonyl (C=O) groups is 1. The Hall–Kier alpha value is -1.50. The van der Waals surface area contributed by atoms with E-state index in [0.29, 0.717) is 19.6 Å². The van der Waals surface area contributed by atoms with Crippen LogP contribution < -0.4 is 9.64 Å². The van der Waals surface area contributed by atoms with E-state index in [0.717, 1.165) is 16.0 Å². The number of carbonyl (C=O) groups excluding carboxylic acids is 1. The molecule has 6 nitrogen and oxygen atoms in total. The lowest BCUT2D eigenvalue weighted by molar-refractivity contribution is 0.0218. The van der Waals surface area contributed by atoms with Gasteiger partial charge < -0.3 is 19.3 Å². The Labute approximate surface area is 145 Å². The molecule has 0 bridgehead atoms. The minimum Gasteiger partial charge on any atom is -0.495 e. The van der Waals surface area contributed by atoms with Crippen LogP contribution in [0.25, 0.3) is 0 Å². The highest BCUT2D eigenvalue weighted by Crippen LogP contribution is 2.29. The Balaban J connectivity index is 2.06. The van der Waals surface area contributed by atoms with Crippen LogP contribution in [0.5, 0.6) is 5.75 Å². The number of ether oxygens (including phenoxy) is 2. The van der Waals surface area contributed by atoms with Crippen LogP contribution in [0.2, 0.25) is 0 Å². The second kappa shape index (κ2) is 6.95. The molecule has 1 saturated heterocycles. The SMILES string of the molecule is COc1cc(N2CCN(C(=O)OC(C)(C)C)CC2C)ncc1Br. The zero-order valence-electron chi connectivity index (χ0n) is 14.3. The van der Waals surface area contributed by atoms with Crippen molar-refractivity contribution in [1.82, 2.24) is 9.88 Å². The molecule has 0 aromatic carbocycles. The minimum atomic E-state index is -0.474. The summed E-state index contributed by atoms with van der Waals surface area (Å²) >= 11 is 3.41. The van der Waals surface area contributed by atoms with Crippen molar-refractivity contribution in [3.05, 3.63) is 16.7 Å². The van der Waals surface area contributed by atoms with Crippen LogP contribution in [0.4, 0.5) is 10.6 Å². The quantitative estimate of drug-likeness (QED) is 0.781. The molecule has 0 spiro atoms. The predicted molar refractivity (Wildman–Crippen MR) is 93.1 cm³/mol. The number of pyridine rings is 1. The maximum absolute atomic E-state index is 12.2. The highest BCUT2D eigenvalue weighted by atomic mass is 79.9. The molecular formula is C16H24BrN3O3. The summed E-state index contributed by atoms with van der Waals surface area (Å²) in [5.41, 5.74) is -0.474. The molecule has 0 saturated carbocycles. The highest BCUT2D eigenvalue weighted by Gasteiger charge is 2.30. The predicted octanol–water partition coefficient (Wildman–Crippen LogP) is 3.30. The molecule has 7 heteroatoms. The van der Waals surface area contributed by atoms with Gasteiger partial charge in [-0.1, -0.05) is 0 Å². The number of anilines is 1. The second-order valence-corrected chi connectivity index (χ2v) is 7.50. The maximum atomic E-state index is 12.2. The van der Waals surface area contributed by atoms with Gasteiger partial charge in [-0.25, -0.2) is 9.78 Å². The molecule has 0 radical (unpaired) electrons. The third-order valence-corrected chi connectivity index (χ3v) is 4.19. The number of nitrogens with zero attached hydrogens (tertiary/aromatic N) is 3. The number of rotatable bonds is 2. The molecule has 2 heterocycles. The molecule has 128 valence electrons. The fourth-order valence-corrected chi connectivity index (χ4v) is 2.89. The van der Waals surface area contributed by atoms with Gasteiger partial charge in [-0.05, 0) is 43.6 Å². The van der Waals surface area contributed by atoms with E-state index in [4.69, 9.17) is 9.47 Å². The van der Waals surface area contributed by atoms with Crippen molar-refractivity contribution in [3.8, 4) is 5.75 Å². The summed E-state index contributed by atoms with van der Waals surface area (Å²) in [6.07, 6.45) is 1.48. The Morgan fingerprint density at radius 3 is 2.65 bits per heavy atom. The molecule has 1 aromatic heterocycles. The van der Waals surface area contributed by atoms with Gasteiger partial charge in [0, 0.05) is 37.9 Å². The largest absolute Gasteiger partial charge is 0.495 e. The van der Waals surface area contributed by atoms with E-state index in [1.165, 1.54) is 0 Å². The fourth-order valence-electron chi connectivity index (χ4n) is 2.51. The molecule has 0 aliphatic carbocycles. The Morgan fingerprint density at radius 2 is 2.09 bits per heavy atom. The first-order chi connectivity index (χ1) is 10.7. The lowest BCUT2D eigenvalue weighted by atomic mass is 10.2. The third-order valence-electron chi connectivity index (χ3n) is 3.60. The van der Waals surface area contributed by atoms with Crippen LogP contribution in [0.15, 0.2) is 16.7 Å². The van der Waals surface area contributed by atoms with Crippen molar-refractivity contribution in [3.63, 3.8) is 0 Å². The number of hydrogen-bond donors (Lipinski definition) is 0. The molecular weight excluding hydrogens is 362 g/mol. The lowest BCUT2D eigenvalue weighted by Gasteiger charge is -2.40. The average Bonchev–Trinajstić information content (AvgIpc) is 2.46. The standard InChI is InChI=1S/C16H24BrN3O3/c1-11-10-19(15(21)23-16(2,3)4)6-7-20(11)14-8-13(22-5)12(17)9-18-14/h8-9,11H,6-7,10H2,1-5H3. The van der Waals surface area contributed by atoms with Gasteiger partial charge in [-0.2, -0.15) is 0 Å². The normalized spacial score (nSPS) is 18.8. The average molecular weight is 386 g/mol. The molecule has 1 amide bonds. The first kappa shape index (κ1) is 17.8. The fraction of sp³-hybridized carbons (Fsp3) is 0.625. The van der Waals surface area contributed by atoms with Gasteiger partial charge in [0.05, 0.1) is 11.6 Å². The van der Waals surface area contributed by atoms with Gasteiger partial charge in [0.25, 0.3) is 0 Å². The molecule has 1 atom stereocenters. The van der Waals surface area contributed by atoms with E-state index < -0.39 is 5.60 Å². The van der Waals surface area contributed by atoms with Crippen LogP contribution in [-0.2, 0) is 4.74 Å². The van der Waals surface area contributed by atoms with Crippen LogP contribution in [0.3, 0.4) is 0 Å². The molecule has 1 aliphatic heterocycles. The van der Waals surface area contributed by atoms with E-state index >= 15 is 0 Å². The highest BCUT2D eigenvalue weighted by molar-refractivity contribution is 9.10. The van der Waals surface area contributed by atoms with E-state index in [2.05, 4.69) is 32.7 Å². The number of piperazine rings is 1. The summed E-state index contributed by atoms with van der Waals surface area (Å²) in [7, 11) is 1.63. The van der Waals surface area contributed by atoms with Crippen LogP contribution >= 0.6 is 15.9 Å². The lowest BCUT2D eigenvalue weighted by Crippen LogP contribution is -2.54. The summed E-state index contributed by atoms with van der Waals surface area (Å²) in [6.45, 7) is 9.63. The Kier molecular flexibility index (Phi) is 5.39. The maximum Gasteiger partial charge on any atom is 0.410 e. The summed E-state index contributed by atoms with van der Waals surface area (Å²) < 4.78 is 11.6. The van der Waals surface area contributed by atoms with Crippen molar-refractivity contribution >= 4 is 27.8 Å². The number of aromatic nitrogens is 1. The Bertz CT molecular complexity index is 574. The summed E-state index contributed by atoms with van der Waals surface area (Å²) in [5.74, 6) is 1.60. The number of halogens is 1. The van der Waals surface area contributed by atoms with E-state index in [9.17, 15) is 4.79 Å².